The first-order chi connectivity index (χ1) is 10.3. The van der Waals surface area contributed by atoms with E-state index in [0.717, 1.165) is 13.0 Å². The quantitative estimate of drug-likeness (QED) is 0.452. The fourth-order valence-electron chi connectivity index (χ4n) is 2.48. The Labute approximate surface area is 144 Å². The van der Waals surface area contributed by atoms with E-state index in [4.69, 9.17) is 9.47 Å². The molecular formula is C17H32BrNO3. The smallest absolute Gasteiger partial charge is 0.410 e. The Morgan fingerprint density at radius 3 is 2.41 bits per heavy atom. The molecule has 2 unspecified atom stereocenters. The molecule has 1 amide bonds. The normalized spacial score (nSPS) is 22.1. The van der Waals surface area contributed by atoms with Crippen molar-refractivity contribution in [3.05, 3.63) is 0 Å². The van der Waals surface area contributed by atoms with E-state index in [1.165, 1.54) is 32.1 Å². The number of carbonyl (C=O) groups is 1. The molecule has 1 aliphatic rings. The summed E-state index contributed by atoms with van der Waals surface area (Å²) in [6, 6.07) is 0. The standard InChI is InChI=1S/C17H32BrNO3/c1-5-6-7-8-9-10-11-21-15-13-19(12-14(15)18)16(20)22-17(2,3)4/h14-15H,5-13H2,1-4H3. The molecule has 0 spiro atoms. The van der Waals surface area contributed by atoms with Crippen LogP contribution in [0, 0.1) is 0 Å². The minimum atomic E-state index is -0.448. The van der Waals surface area contributed by atoms with Gasteiger partial charge >= 0.3 is 6.09 Å². The lowest BCUT2D eigenvalue weighted by Crippen LogP contribution is -2.36. The van der Waals surface area contributed by atoms with Crippen LogP contribution in [0.3, 0.4) is 0 Å². The van der Waals surface area contributed by atoms with Crippen LogP contribution in [0.1, 0.15) is 66.2 Å². The first kappa shape index (κ1) is 19.8. The van der Waals surface area contributed by atoms with E-state index in [9.17, 15) is 4.79 Å². The maximum atomic E-state index is 12.1. The first-order valence-electron chi connectivity index (χ1n) is 8.57. The van der Waals surface area contributed by atoms with E-state index in [0.29, 0.717) is 13.1 Å². The number of amides is 1. The molecule has 1 heterocycles. The van der Waals surface area contributed by atoms with E-state index < -0.39 is 5.60 Å². The third-order valence-electron chi connectivity index (χ3n) is 3.68. The molecule has 22 heavy (non-hydrogen) atoms. The molecule has 0 aromatic rings. The molecule has 1 fully saturated rings. The van der Waals surface area contributed by atoms with Crippen LogP contribution in [0.15, 0.2) is 0 Å². The summed E-state index contributed by atoms with van der Waals surface area (Å²) in [5, 5.41) is 0. The van der Waals surface area contributed by atoms with Crippen molar-refractivity contribution in [1.29, 1.82) is 0 Å². The van der Waals surface area contributed by atoms with Crippen molar-refractivity contribution < 1.29 is 14.3 Å². The van der Waals surface area contributed by atoms with Crippen molar-refractivity contribution in [3.63, 3.8) is 0 Å². The minimum absolute atomic E-state index is 0.0724. The number of ether oxygens (including phenoxy) is 2. The Morgan fingerprint density at radius 1 is 1.14 bits per heavy atom. The van der Waals surface area contributed by atoms with Crippen LogP contribution < -0.4 is 0 Å². The lowest BCUT2D eigenvalue weighted by Gasteiger charge is -2.24. The average Bonchev–Trinajstić information content (AvgIpc) is 2.77. The van der Waals surface area contributed by atoms with Gasteiger partial charge in [-0.3, -0.25) is 0 Å². The third-order valence-corrected chi connectivity index (χ3v) is 4.56. The van der Waals surface area contributed by atoms with Gasteiger partial charge in [0.15, 0.2) is 0 Å². The summed E-state index contributed by atoms with van der Waals surface area (Å²) >= 11 is 3.62. The van der Waals surface area contributed by atoms with Gasteiger partial charge in [0, 0.05) is 13.2 Å². The topological polar surface area (TPSA) is 38.8 Å². The Kier molecular flexibility index (Phi) is 8.77. The number of rotatable bonds is 8. The number of hydrogen-bond donors (Lipinski definition) is 0. The predicted molar refractivity (Wildman–Crippen MR) is 93.6 cm³/mol. The summed E-state index contributed by atoms with van der Waals surface area (Å²) in [5.41, 5.74) is -0.448. The van der Waals surface area contributed by atoms with E-state index in [1.54, 1.807) is 4.90 Å². The molecule has 2 atom stereocenters. The average molecular weight is 378 g/mol. The van der Waals surface area contributed by atoms with Crippen molar-refractivity contribution in [2.75, 3.05) is 19.7 Å². The molecule has 5 heteroatoms. The molecule has 130 valence electrons. The van der Waals surface area contributed by atoms with Gasteiger partial charge in [-0.2, -0.15) is 0 Å². The number of halogens is 1. The van der Waals surface area contributed by atoms with Crippen molar-refractivity contribution in [3.8, 4) is 0 Å². The van der Waals surface area contributed by atoms with Crippen LogP contribution in [0.5, 0.6) is 0 Å². The fraction of sp³-hybridized carbons (Fsp3) is 0.941. The van der Waals surface area contributed by atoms with Crippen LogP contribution in [0.4, 0.5) is 4.79 Å². The van der Waals surface area contributed by atoms with E-state index in [2.05, 4.69) is 22.9 Å². The molecule has 1 saturated heterocycles. The van der Waals surface area contributed by atoms with Gasteiger partial charge in [-0.1, -0.05) is 55.0 Å². The first-order valence-corrected chi connectivity index (χ1v) is 9.48. The molecule has 0 bridgehead atoms. The van der Waals surface area contributed by atoms with Gasteiger partial charge in [0.05, 0.1) is 17.5 Å². The lowest BCUT2D eigenvalue weighted by molar-refractivity contribution is 0.0209. The molecule has 1 rings (SSSR count). The fourth-order valence-corrected chi connectivity index (χ4v) is 3.15. The number of nitrogens with zero attached hydrogens (tertiary/aromatic N) is 1. The second-order valence-corrected chi connectivity index (χ2v) is 8.25. The maximum Gasteiger partial charge on any atom is 0.410 e. The molecular weight excluding hydrogens is 346 g/mol. The molecule has 1 aliphatic heterocycles. The van der Waals surface area contributed by atoms with Gasteiger partial charge in [0.1, 0.15) is 5.60 Å². The van der Waals surface area contributed by atoms with E-state index in [1.807, 2.05) is 20.8 Å². The largest absolute Gasteiger partial charge is 0.444 e. The predicted octanol–water partition coefficient (Wildman–Crippen LogP) is 4.75. The van der Waals surface area contributed by atoms with Gasteiger partial charge in [0.2, 0.25) is 0 Å². The van der Waals surface area contributed by atoms with Crippen LogP contribution in [-0.2, 0) is 9.47 Å². The monoisotopic (exact) mass is 377 g/mol. The number of likely N-dealkylation sites (tertiary alicyclic amines) is 1. The van der Waals surface area contributed by atoms with Gasteiger partial charge < -0.3 is 14.4 Å². The van der Waals surface area contributed by atoms with Crippen molar-refractivity contribution in [2.45, 2.75) is 82.8 Å². The van der Waals surface area contributed by atoms with E-state index in [-0.39, 0.29) is 17.0 Å². The lowest BCUT2D eigenvalue weighted by atomic mass is 10.1. The Hall–Kier alpha value is -0.290. The zero-order chi connectivity index (χ0) is 16.6. The highest BCUT2D eigenvalue weighted by atomic mass is 79.9. The van der Waals surface area contributed by atoms with Crippen molar-refractivity contribution in [1.82, 2.24) is 4.90 Å². The highest BCUT2D eigenvalue weighted by Gasteiger charge is 2.36. The van der Waals surface area contributed by atoms with Crippen LogP contribution in [0.2, 0.25) is 0 Å². The van der Waals surface area contributed by atoms with Gasteiger partial charge in [-0.25, -0.2) is 4.79 Å². The summed E-state index contributed by atoms with van der Waals surface area (Å²) in [5.74, 6) is 0. The van der Waals surface area contributed by atoms with Crippen LogP contribution in [0.25, 0.3) is 0 Å². The van der Waals surface area contributed by atoms with Crippen molar-refractivity contribution in [2.24, 2.45) is 0 Å². The molecule has 0 N–H and O–H groups in total. The second kappa shape index (κ2) is 9.76. The molecule has 0 radical (unpaired) electrons. The molecule has 0 aromatic carbocycles. The highest BCUT2D eigenvalue weighted by molar-refractivity contribution is 9.09. The SMILES string of the molecule is CCCCCCCCOC1CN(C(=O)OC(C)(C)C)CC1Br. The summed E-state index contributed by atoms with van der Waals surface area (Å²) in [6.07, 6.45) is 7.40. The zero-order valence-corrected chi connectivity index (χ0v) is 16.2. The number of alkyl halides is 1. The molecule has 0 aliphatic carbocycles. The van der Waals surface area contributed by atoms with E-state index >= 15 is 0 Å². The summed E-state index contributed by atoms with van der Waals surface area (Å²) < 4.78 is 11.3. The van der Waals surface area contributed by atoms with Gasteiger partial charge in [-0.05, 0) is 27.2 Å². The van der Waals surface area contributed by atoms with Crippen LogP contribution >= 0.6 is 15.9 Å². The Balaban J connectivity index is 2.19. The summed E-state index contributed by atoms with van der Waals surface area (Å²) in [7, 11) is 0. The summed E-state index contributed by atoms with van der Waals surface area (Å²) in [4.78, 5) is 14.0. The Bertz CT molecular complexity index is 330. The number of unbranched alkanes of at least 4 members (excludes halogenated alkanes) is 5. The highest BCUT2D eigenvalue weighted by Crippen LogP contribution is 2.23. The second-order valence-electron chi connectivity index (χ2n) is 7.08. The zero-order valence-electron chi connectivity index (χ0n) is 14.6. The molecule has 0 saturated carbocycles. The molecule has 0 aromatic heterocycles. The third kappa shape index (κ3) is 7.82. The Morgan fingerprint density at radius 2 is 1.77 bits per heavy atom. The molecule has 4 nitrogen and oxygen atoms in total. The minimum Gasteiger partial charge on any atom is -0.444 e. The van der Waals surface area contributed by atoms with Crippen LogP contribution in [-0.4, -0.2) is 47.2 Å². The van der Waals surface area contributed by atoms with Gasteiger partial charge in [-0.15, -0.1) is 0 Å². The van der Waals surface area contributed by atoms with Gasteiger partial charge in [0.25, 0.3) is 0 Å². The summed E-state index contributed by atoms with van der Waals surface area (Å²) in [6.45, 7) is 9.94. The number of carbonyl (C=O) groups excluding carboxylic acids is 1. The van der Waals surface area contributed by atoms with Crippen molar-refractivity contribution >= 4 is 22.0 Å². The number of hydrogen-bond acceptors (Lipinski definition) is 3. The maximum absolute atomic E-state index is 12.1.